The van der Waals surface area contributed by atoms with Gasteiger partial charge in [0.25, 0.3) is 5.69 Å². The van der Waals surface area contributed by atoms with Gasteiger partial charge in [0.2, 0.25) is 0 Å². The Kier molecular flexibility index (Phi) is 4.23. The van der Waals surface area contributed by atoms with Gasteiger partial charge >= 0.3 is 0 Å². The van der Waals surface area contributed by atoms with E-state index in [1.807, 2.05) is 6.92 Å². The molecule has 0 fully saturated rings. The van der Waals surface area contributed by atoms with Gasteiger partial charge in [-0.1, -0.05) is 6.92 Å². The lowest BCUT2D eigenvalue weighted by Crippen LogP contribution is -2.15. The maximum absolute atomic E-state index is 10.7. The summed E-state index contributed by atoms with van der Waals surface area (Å²) in [6.45, 7) is 5.79. The Balaban J connectivity index is 3.07. The van der Waals surface area contributed by atoms with E-state index in [0.29, 0.717) is 15.9 Å². The van der Waals surface area contributed by atoms with Gasteiger partial charge in [-0.15, -0.1) is 0 Å². The first-order valence-electron chi connectivity index (χ1n) is 5.03. The number of nitrogens with zero attached hydrogens (tertiary/aromatic N) is 2. The number of nitro groups is 1. The molecule has 0 aromatic carbocycles. The van der Waals surface area contributed by atoms with Crippen molar-refractivity contribution in [3.05, 3.63) is 26.3 Å². The van der Waals surface area contributed by atoms with Crippen molar-refractivity contribution in [3.63, 3.8) is 0 Å². The zero-order valence-corrected chi connectivity index (χ0v) is 11.0. The number of hydrogen-bond donors (Lipinski definition) is 1. The van der Waals surface area contributed by atoms with Crippen LogP contribution in [0.15, 0.2) is 10.7 Å². The average Bonchev–Trinajstić information content (AvgIpc) is 2.24. The summed E-state index contributed by atoms with van der Waals surface area (Å²) in [4.78, 5) is 14.3. The first kappa shape index (κ1) is 12.9. The Morgan fingerprint density at radius 3 is 2.81 bits per heavy atom. The lowest BCUT2D eigenvalue weighted by atomic mass is 10.2. The summed E-state index contributed by atoms with van der Waals surface area (Å²) in [6.07, 6.45) is 2.25. The predicted molar refractivity (Wildman–Crippen MR) is 66.7 cm³/mol. The molecule has 1 rings (SSSR count). The molecule has 0 amide bonds. The standard InChI is InChI=1S/C10H14BrN3O2/c1-4-6(2)13-10-9(11)7(3)8(5-12-10)14(15)16/h5-6H,4H2,1-3H3,(H,12,13). The van der Waals surface area contributed by atoms with Gasteiger partial charge < -0.3 is 5.32 Å². The fourth-order valence-electron chi connectivity index (χ4n) is 1.19. The van der Waals surface area contributed by atoms with Gasteiger partial charge in [-0.3, -0.25) is 10.1 Å². The van der Waals surface area contributed by atoms with E-state index in [1.165, 1.54) is 6.20 Å². The summed E-state index contributed by atoms with van der Waals surface area (Å²) in [5.74, 6) is 0.650. The number of pyridine rings is 1. The second-order valence-electron chi connectivity index (χ2n) is 3.64. The summed E-state index contributed by atoms with van der Waals surface area (Å²) in [7, 11) is 0. The van der Waals surface area contributed by atoms with Crippen LogP contribution < -0.4 is 5.32 Å². The van der Waals surface area contributed by atoms with Crippen molar-refractivity contribution in [2.45, 2.75) is 33.2 Å². The van der Waals surface area contributed by atoms with Crippen LogP contribution in [0, 0.1) is 17.0 Å². The van der Waals surface area contributed by atoms with Crippen LogP contribution >= 0.6 is 15.9 Å². The second-order valence-corrected chi connectivity index (χ2v) is 4.43. The van der Waals surface area contributed by atoms with Crippen LogP contribution in [0.4, 0.5) is 11.5 Å². The van der Waals surface area contributed by atoms with Crippen LogP contribution in [-0.4, -0.2) is 15.9 Å². The smallest absolute Gasteiger partial charge is 0.291 e. The third-order valence-electron chi connectivity index (χ3n) is 2.43. The summed E-state index contributed by atoms with van der Waals surface area (Å²) in [5.41, 5.74) is 0.618. The maximum Gasteiger partial charge on any atom is 0.291 e. The highest BCUT2D eigenvalue weighted by Gasteiger charge is 2.17. The summed E-state index contributed by atoms with van der Waals surface area (Å²) in [6, 6.07) is 0.282. The van der Waals surface area contributed by atoms with Crippen molar-refractivity contribution in [2.24, 2.45) is 0 Å². The first-order valence-corrected chi connectivity index (χ1v) is 5.82. The number of anilines is 1. The Morgan fingerprint density at radius 2 is 2.31 bits per heavy atom. The zero-order valence-electron chi connectivity index (χ0n) is 9.45. The largest absolute Gasteiger partial charge is 0.367 e. The monoisotopic (exact) mass is 287 g/mol. The highest BCUT2D eigenvalue weighted by atomic mass is 79.9. The highest BCUT2D eigenvalue weighted by molar-refractivity contribution is 9.10. The number of halogens is 1. The molecule has 0 saturated carbocycles. The van der Waals surface area contributed by atoms with Crippen molar-refractivity contribution in [2.75, 3.05) is 5.32 Å². The summed E-state index contributed by atoms with van der Waals surface area (Å²) >= 11 is 3.33. The second kappa shape index (κ2) is 5.25. The normalized spacial score (nSPS) is 12.2. The van der Waals surface area contributed by atoms with E-state index < -0.39 is 4.92 Å². The Morgan fingerprint density at radius 1 is 1.69 bits per heavy atom. The average molecular weight is 288 g/mol. The molecule has 0 aliphatic carbocycles. The maximum atomic E-state index is 10.7. The van der Waals surface area contributed by atoms with Crippen LogP contribution in [0.2, 0.25) is 0 Å². The van der Waals surface area contributed by atoms with Crippen LogP contribution in [0.5, 0.6) is 0 Å². The van der Waals surface area contributed by atoms with E-state index in [0.717, 1.165) is 6.42 Å². The van der Waals surface area contributed by atoms with E-state index in [2.05, 4.69) is 33.2 Å². The van der Waals surface area contributed by atoms with Gasteiger partial charge in [-0.05, 0) is 36.2 Å². The lowest BCUT2D eigenvalue weighted by Gasteiger charge is -2.14. The summed E-state index contributed by atoms with van der Waals surface area (Å²) < 4.78 is 0.655. The first-order chi connectivity index (χ1) is 7.47. The molecule has 1 unspecified atom stereocenters. The molecule has 6 heteroatoms. The van der Waals surface area contributed by atoms with E-state index in [-0.39, 0.29) is 11.7 Å². The molecule has 1 heterocycles. The molecular weight excluding hydrogens is 274 g/mol. The Hall–Kier alpha value is -1.17. The van der Waals surface area contributed by atoms with E-state index in [1.54, 1.807) is 6.92 Å². The lowest BCUT2D eigenvalue weighted by molar-refractivity contribution is -0.385. The minimum absolute atomic E-state index is 0.0292. The number of hydrogen-bond acceptors (Lipinski definition) is 4. The molecule has 1 aromatic rings. The van der Waals surface area contributed by atoms with Crippen molar-refractivity contribution < 1.29 is 4.92 Å². The van der Waals surface area contributed by atoms with E-state index in [9.17, 15) is 10.1 Å². The molecule has 1 atom stereocenters. The number of nitrogens with one attached hydrogen (secondary N) is 1. The molecule has 5 nitrogen and oxygen atoms in total. The van der Waals surface area contributed by atoms with Crippen molar-refractivity contribution >= 4 is 27.4 Å². The molecule has 0 radical (unpaired) electrons. The van der Waals surface area contributed by atoms with Crippen LogP contribution in [0.25, 0.3) is 0 Å². The number of rotatable bonds is 4. The van der Waals surface area contributed by atoms with Crippen molar-refractivity contribution in [3.8, 4) is 0 Å². The van der Waals surface area contributed by atoms with E-state index in [4.69, 9.17) is 0 Å². The molecule has 0 spiro atoms. The highest BCUT2D eigenvalue weighted by Crippen LogP contribution is 2.30. The quantitative estimate of drug-likeness (QED) is 0.682. The zero-order chi connectivity index (χ0) is 12.3. The number of aromatic nitrogens is 1. The van der Waals surface area contributed by atoms with Crippen LogP contribution in [0.1, 0.15) is 25.8 Å². The van der Waals surface area contributed by atoms with E-state index >= 15 is 0 Å². The molecule has 88 valence electrons. The molecule has 1 aromatic heterocycles. The third-order valence-corrected chi connectivity index (χ3v) is 3.40. The topological polar surface area (TPSA) is 68.1 Å². The minimum atomic E-state index is -0.430. The molecule has 0 aliphatic heterocycles. The van der Waals surface area contributed by atoms with Crippen LogP contribution in [-0.2, 0) is 0 Å². The summed E-state index contributed by atoms with van der Waals surface area (Å²) in [5, 5.41) is 13.9. The predicted octanol–water partition coefficient (Wildman–Crippen LogP) is 3.27. The minimum Gasteiger partial charge on any atom is -0.367 e. The van der Waals surface area contributed by atoms with Crippen molar-refractivity contribution in [1.82, 2.24) is 4.98 Å². The fourth-order valence-corrected chi connectivity index (χ4v) is 1.61. The SMILES string of the molecule is CCC(C)Nc1ncc([N+](=O)[O-])c(C)c1Br. The van der Waals surface area contributed by atoms with Gasteiger partial charge in [0, 0.05) is 11.6 Å². The Bertz CT molecular complexity index is 409. The van der Waals surface area contributed by atoms with Crippen LogP contribution in [0.3, 0.4) is 0 Å². The van der Waals surface area contributed by atoms with Gasteiger partial charge in [0.05, 0.1) is 9.40 Å². The fraction of sp³-hybridized carbons (Fsp3) is 0.500. The van der Waals surface area contributed by atoms with Gasteiger partial charge in [-0.25, -0.2) is 4.98 Å². The van der Waals surface area contributed by atoms with Gasteiger partial charge in [-0.2, -0.15) is 0 Å². The molecule has 0 aliphatic rings. The Labute approximate surface area is 103 Å². The van der Waals surface area contributed by atoms with Gasteiger partial charge in [0.1, 0.15) is 12.0 Å². The molecule has 0 bridgehead atoms. The van der Waals surface area contributed by atoms with Crippen molar-refractivity contribution in [1.29, 1.82) is 0 Å². The molecule has 1 N–H and O–H groups in total. The molecule has 16 heavy (non-hydrogen) atoms. The van der Waals surface area contributed by atoms with Gasteiger partial charge in [0.15, 0.2) is 0 Å². The molecule has 0 saturated heterocycles. The third kappa shape index (κ3) is 2.69. The molecular formula is C10H14BrN3O2.